The fraction of sp³-hybridized carbons (Fsp3) is 0.0870. The van der Waals surface area contributed by atoms with Crippen molar-refractivity contribution in [3.8, 4) is 5.75 Å². The van der Waals surface area contributed by atoms with Crippen LogP contribution in [-0.2, 0) is 4.79 Å². The van der Waals surface area contributed by atoms with Crippen molar-refractivity contribution in [3.63, 3.8) is 0 Å². The minimum Gasteiger partial charge on any atom is -0.423 e. The number of hydrogen-bond donors (Lipinski definition) is 2. The molecule has 0 aliphatic carbocycles. The average Bonchev–Trinajstić information content (AvgIpc) is 2.74. The summed E-state index contributed by atoms with van der Waals surface area (Å²) in [5.41, 5.74) is 5.59. The molecular formula is C23H20BrN3O3. The number of ether oxygens (including phenoxy) is 1. The minimum absolute atomic E-state index is 0.101. The molecule has 0 aliphatic heterocycles. The number of amides is 1. The fourth-order valence-corrected chi connectivity index (χ4v) is 2.97. The van der Waals surface area contributed by atoms with Gasteiger partial charge < -0.3 is 10.1 Å². The molecule has 3 aromatic rings. The van der Waals surface area contributed by atoms with Gasteiger partial charge in [-0.25, -0.2) is 10.2 Å². The molecule has 0 atom stereocenters. The van der Waals surface area contributed by atoms with Gasteiger partial charge in [-0.15, -0.1) is 0 Å². The van der Waals surface area contributed by atoms with Gasteiger partial charge in [0, 0.05) is 10.2 Å². The molecule has 30 heavy (non-hydrogen) atoms. The maximum atomic E-state index is 12.3. The van der Waals surface area contributed by atoms with Gasteiger partial charge in [-0.2, -0.15) is 5.10 Å². The zero-order valence-electron chi connectivity index (χ0n) is 16.3. The molecule has 0 bridgehead atoms. The van der Waals surface area contributed by atoms with Gasteiger partial charge in [0.05, 0.1) is 18.3 Å². The van der Waals surface area contributed by atoms with Crippen LogP contribution in [0, 0.1) is 6.92 Å². The first kappa shape index (κ1) is 21.3. The third-order valence-electron chi connectivity index (χ3n) is 4.07. The van der Waals surface area contributed by atoms with E-state index in [0.717, 1.165) is 11.3 Å². The van der Waals surface area contributed by atoms with Crippen LogP contribution in [0.1, 0.15) is 21.5 Å². The second-order valence-electron chi connectivity index (χ2n) is 6.45. The number of rotatable bonds is 7. The summed E-state index contributed by atoms with van der Waals surface area (Å²) in [6, 6.07) is 21.7. The normalized spacial score (nSPS) is 10.6. The standard InChI is InChI=1S/C23H20BrN3O3/c1-16-9-11-18(12-10-16)25-15-22(28)27-26-14-17-5-4-6-19(13-17)30-23(29)20-7-2-3-8-21(20)24/h2-14,25H,15H2,1H3,(H,27,28)/b26-14-. The lowest BCUT2D eigenvalue weighted by Gasteiger charge is -2.07. The molecular weight excluding hydrogens is 446 g/mol. The molecule has 0 spiro atoms. The Kier molecular flexibility index (Phi) is 7.34. The van der Waals surface area contributed by atoms with E-state index in [-0.39, 0.29) is 12.5 Å². The van der Waals surface area contributed by atoms with Gasteiger partial charge in [-0.05, 0) is 64.8 Å². The molecule has 1 amide bonds. The highest BCUT2D eigenvalue weighted by Gasteiger charge is 2.11. The number of esters is 1. The third-order valence-corrected chi connectivity index (χ3v) is 4.76. The van der Waals surface area contributed by atoms with Crippen LogP contribution >= 0.6 is 15.9 Å². The Morgan fingerprint density at radius 3 is 2.57 bits per heavy atom. The number of carbonyl (C=O) groups is 2. The number of hydrogen-bond acceptors (Lipinski definition) is 5. The second kappa shape index (κ2) is 10.4. The van der Waals surface area contributed by atoms with E-state index < -0.39 is 5.97 Å². The Balaban J connectivity index is 1.52. The second-order valence-corrected chi connectivity index (χ2v) is 7.31. The number of hydrazone groups is 1. The molecule has 3 aromatic carbocycles. The topological polar surface area (TPSA) is 79.8 Å². The molecule has 0 unspecified atom stereocenters. The maximum absolute atomic E-state index is 12.3. The van der Waals surface area contributed by atoms with Crippen molar-refractivity contribution in [2.24, 2.45) is 5.10 Å². The van der Waals surface area contributed by atoms with E-state index in [0.29, 0.717) is 21.3 Å². The Morgan fingerprint density at radius 1 is 1.03 bits per heavy atom. The van der Waals surface area contributed by atoms with Gasteiger partial charge in [-0.3, -0.25) is 4.79 Å². The number of halogens is 1. The van der Waals surface area contributed by atoms with E-state index in [9.17, 15) is 9.59 Å². The minimum atomic E-state index is -0.466. The summed E-state index contributed by atoms with van der Waals surface area (Å²) in [5, 5.41) is 6.97. The highest BCUT2D eigenvalue weighted by molar-refractivity contribution is 9.10. The number of nitrogens with zero attached hydrogens (tertiary/aromatic N) is 1. The summed E-state index contributed by atoms with van der Waals surface area (Å²) < 4.78 is 6.08. The molecule has 0 radical (unpaired) electrons. The predicted octanol–water partition coefficient (Wildman–Crippen LogP) is 4.54. The quantitative estimate of drug-likeness (QED) is 0.232. The van der Waals surface area contributed by atoms with Crippen molar-refractivity contribution in [3.05, 3.63) is 94.0 Å². The Morgan fingerprint density at radius 2 is 1.80 bits per heavy atom. The maximum Gasteiger partial charge on any atom is 0.344 e. The summed E-state index contributed by atoms with van der Waals surface area (Å²) in [4.78, 5) is 24.2. The van der Waals surface area contributed by atoms with Gasteiger partial charge in [0.1, 0.15) is 5.75 Å². The Hall–Kier alpha value is -3.45. The molecule has 6 nitrogen and oxygen atoms in total. The number of aryl methyl sites for hydroxylation is 1. The highest BCUT2D eigenvalue weighted by Crippen LogP contribution is 2.19. The van der Waals surface area contributed by atoms with Crippen LogP contribution in [0.15, 0.2) is 82.4 Å². The van der Waals surface area contributed by atoms with Crippen molar-refractivity contribution < 1.29 is 14.3 Å². The zero-order valence-corrected chi connectivity index (χ0v) is 17.8. The largest absolute Gasteiger partial charge is 0.423 e. The van der Waals surface area contributed by atoms with Crippen LogP contribution in [0.25, 0.3) is 0 Å². The number of nitrogens with one attached hydrogen (secondary N) is 2. The van der Waals surface area contributed by atoms with Crippen molar-refractivity contribution in [1.29, 1.82) is 0 Å². The van der Waals surface area contributed by atoms with E-state index in [4.69, 9.17) is 4.74 Å². The average molecular weight is 466 g/mol. The van der Waals surface area contributed by atoms with E-state index in [1.165, 1.54) is 6.21 Å². The first-order valence-electron chi connectivity index (χ1n) is 9.20. The summed E-state index contributed by atoms with van der Waals surface area (Å²) in [7, 11) is 0. The lowest BCUT2D eigenvalue weighted by Crippen LogP contribution is -2.25. The van der Waals surface area contributed by atoms with Crippen LogP contribution in [0.2, 0.25) is 0 Å². The molecule has 152 valence electrons. The monoisotopic (exact) mass is 465 g/mol. The van der Waals surface area contributed by atoms with E-state index >= 15 is 0 Å². The summed E-state index contributed by atoms with van der Waals surface area (Å²) >= 11 is 3.34. The van der Waals surface area contributed by atoms with Crippen LogP contribution in [0.3, 0.4) is 0 Å². The number of carbonyl (C=O) groups excluding carboxylic acids is 2. The fourth-order valence-electron chi connectivity index (χ4n) is 2.52. The van der Waals surface area contributed by atoms with Crippen molar-refractivity contribution in [1.82, 2.24) is 5.43 Å². The smallest absolute Gasteiger partial charge is 0.344 e. The van der Waals surface area contributed by atoms with Crippen molar-refractivity contribution >= 4 is 39.7 Å². The summed E-state index contributed by atoms with van der Waals surface area (Å²) in [6.07, 6.45) is 1.49. The third kappa shape index (κ3) is 6.28. The van der Waals surface area contributed by atoms with Gasteiger partial charge in [-0.1, -0.05) is 42.0 Å². The van der Waals surface area contributed by atoms with Gasteiger partial charge in [0.25, 0.3) is 5.91 Å². The lowest BCUT2D eigenvalue weighted by molar-refractivity contribution is -0.119. The molecule has 0 fully saturated rings. The first-order chi connectivity index (χ1) is 14.5. The molecule has 2 N–H and O–H groups in total. The van der Waals surface area contributed by atoms with Crippen LogP contribution in [0.4, 0.5) is 5.69 Å². The van der Waals surface area contributed by atoms with Gasteiger partial charge in [0.15, 0.2) is 0 Å². The van der Waals surface area contributed by atoms with Crippen LogP contribution in [-0.4, -0.2) is 24.6 Å². The van der Waals surface area contributed by atoms with E-state index in [2.05, 4.69) is 31.8 Å². The van der Waals surface area contributed by atoms with Crippen molar-refractivity contribution in [2.45, 2.75) is 6.92 Å². The zero-order chi connectivity index (χ0) is 21.3. The summed E-state index contributed by atoms with van der Waals surface area (Å²) in [6.45, 7) is 2.10. The molecule has 0 saturated carbocycles. The molecule has 0 aliphatic rings. The summed E-state index contributed by atoms with van der Waals surface area (Å²) in [5.74, 6) is -0.359. The molecule has 7 heteroatoms. The molecule has 3 rings (SSSR count). The number of benzene rings is 3. The number of anilines is 1. The molecule has 0 heterocycles. The lowest BCUT2D eigenvalue weighted by atomic mass is 10.2. The van der Waals surface area contributed by atoms with Crippen molar-refractivity contribution in [2.75, 3.05) is 11.9 Å². The Labute approximate surface area is 183 Å². The molecule has 0 aromatic heterocycles. The highest BCUT2D eigenvalue weighted by atomic mass is 79.9. The van der Waals surface area contributed by atoms with Crippen LogP contribution < -0.4 is 15.5 Å². The SMILES string of the molecule is Cc1ccc(NCC(=O)N/N=C\c2cccc(OC(=O)c3ccccc3Br)c2)cc1. The van der Waals surface area contributed by atoms with Crippen LogP contribution in [0.5, 0.6) is 5.75 Å². The first-order valence-corrected chi connectivity index (χ1v) is 10.00. The molecule has 0 saturated heterocycles. The van der Waals surface area contributed by atoms with E-state index in [1.54, 1.807) is 42.5 Å². The Bertz CT molecular complexity index is 1070. The van der Waals surface area contributed by atoms with Gasteiger partial charge >= 0.3 is 5.97 Å². The van der Waals surface area contributed by atoms with E-state index in [1.807, 2.05) is 37.3 Å². The van der Waals surface area contributed by atoms with Gasteiger partial charge in [0.2, 0.25) is 0 Å². The predicted molar refractivity (Wildman–Crippen MR) is 121 cm³/mol.